The zero-order valence-electron chi connectivity index (χ0n) is 23.7. The molecule has 4 heterocycles. The number of aromatic nitrogens is 2. The largest absolute Gasteiger partial charge is 0.350 e. The molecule has 6 rings (SSSR count). The van der Waals surface area contributed by atoms with Crippen molar-refractivity contribution >= 4 is 48.9 Å². The Labute approximate surface area is 247 Å². The average molecular weight is 609 g/mol. The summed E-state index contributed by atoms with van der Waals surface area (Å²) in [5, 5.41) is 11.3. The van der Waals surface area contributed by atoms with E-state index in [-0.39, 0.29) is 23.9 Å². The van der Waals surface area contributed by atoms with Gasteiger partial charge in [-0.2, -0.15) is 9.57 Å². The highest BCUT2D eigenvalue weighted by Gasteiger charge is 2.48. The maximum absolute atomic E-state index is 14.6. The summed E-state index contributed by atoms with van der Waals surface area (Å²) in [4.78, 5) is 14.5. The van der Waals surface area contributed by atoms with E-state index >= 15 is 0 Å². The molecule has 2 aromatic heterocycles. The molecule has 0 unspecified atom stereocenters. The van der Waals surface area contributed by atoms with Gasteiger partial charge in [-0.25, -0.2) is 27.2 Å². The van der Waals surface area contributed by atoms with Crippen molar-refractivity contribution in [2.45, 2.75) is 51.7 Å². The summed E-state index contributed by atoms with van der Waals surface area (Å²) in [5.74, 6) is -0.0619. The van der Waals surface area contributed by atoms with E-state index in [1.54, 1.807) is 22.5 Å². The molecule has 0 N–H and O–H groups in total. The third kappa shape index (κ3) is 4.79. The molecule has 12 heteroatoms. The number of hydrogen-bond donors (Lipinski definition) is 0. The van der Waals surface area contributed by atoms with Crippen molar-refractivity contribution in [2.75, 3.05) is 29.1 Å². The van der Waals surface area contributed by atoms with Crippen molar-refractivity contribution in [3.63, 3.8) is 0 Å². The Kier molecular flexibility index (Phi) is 7.15. The molecule has 2 aliphatic heterocycles. The van der Waals surface area contributed by atoms with E-state index in [0.717, 1.165) is 16.6 Å². The van der Waals surface area contributed by atoms with Crippen molar-refractivity contribution in [2.24, 2.45) is 0 Å². The van der Waals surface area contributed by atoms with E-state index in [4.69, 9.17) is 9.97 Å². The molecular weight excluding hydrogens is 579 g/mol. The van der Waals surface area contributed by atoms with Gasteiger partial charge in [-0.05, 0) is 63.1 Å². The minimum absolute atomic E-state index is 0.0379. The van der Waals surface area contributed by atoms with Gasteiger partial charge in [-0.15, -0.1) is 0 Å². The lowest BCUT2D eigenvalue weighted by molar-refractivity contribution is 0.370. The highest BCUT2D eigenvalue weighted by Crippen LogP contribution is 2.46. The molecule has 0 amide bonds. The van der Waals surface area contributed by atoms with Crippen LogP contribution in [0.4, 0.5) is 25.4 Å². The molecule has 218 valence electrons. The van der Waals surface area contributed by atoms with Crippen LogP contribution in [0.5, 0.6) is 0 Å². The predicted molar refractivity (Wildman–Crippen MR) is 162 cm³/mol. The molecule has 42 heavy (non-hydrogen) atoms. The van der Waals surface area contributed by atoms with Crippen LogP contribution in [0.2, 0.25) is 0 Å². The van der Waals surface area contributed by atoms with Crippen molar-refractivity contribution < 1.29 is 17.2 Å². The standard InChI is InChI=1S/C30H30F2N6O2S2/c1-5-23-28(38(17(2)3)30-35-27(26(14-33)41-30)18-6-8-19(31)9-7-18)24-11-10-20(32)12-25(24)34-29(23)36-15-22-13-21(36)16-37(22)42(4,39)40/h6-12,17,21-22H,5,13,15-16H2,1-4H3/t21-,22-/m0/s1. The second-order valence-electron chi connectivity index (χ2n) is 11.1. The monoisotopic (exact) mass is 608 g/mol. The molecule has 2 bridgehead atoms. The van der Waals surface area contributed by atoms with Gasteiger partial charge in [0.05, 0.1) is 17.5 Å². The number of benzene rings is 2. The van der Waals surface area contributed by atoms with Crippen molar-refractivity contribution in [1.29, 1.82) is 5.26 Å². The average Bonchev–Trinajstić information content (AvgIpc) is 3.67. The van der Waals surface area contributed by atoms with Gasteiger partial charge in [0.1, 0.15) is 34.1 Å². The minimum atomic E-state index is -3.32. The first kappa shape index (κ1) is 28.5. The van der Waals surface area contributed by atoms with Gasteiger partial charge in [0.2, 0.25) is 10.0 Å². The molecule has 2 aliphatic rings. The summed E-state index contributed by atoms with van der Waals surface area (Å²) in [5.41, 5.74) is 3.38. The van der Waals surface area contributed by atoms with E-state index < -0.39 is 15.8 Å². The molecule has 2 aromatic carbocycles. The maximum atomic E-state index is 14.6. The Morgan fingerprint density at radius 2 is 1.81 bits per heavy atom. The first-order valence-electron chi connectivity index (χ1n) is 13.8. The SMILES string of the molecule is CCc1c(N2C[C@@H]3C[C@H]2CN3S(C)(=O)=O)nc2cc(F)ccc2c1N(c1nc(-c2ccc(F)cc2)c(C#N)s1)C(C)C. The summed E-state index contributed by atoms with van der Waals surface area (Å²) in [6, 6.07) is 12.4. The highest BCUT2D eigenvalue weighted by molar-refractivity contribution is 7.88. The summed E-state index contributed by atoms with van der Waals surface area (Å²) < 4.78 is 54.5. The van der Waals surface area contributed by atoms with Gasteiger partial charge in [-0.1, -0.05) is 18.3 Å². The van der Waals surface area contributed by atoms with E-state index in [9.17, 15) is 22.5 Å². The smallest absolute Gasteiger partial charge is 0.211 e. The lowest BCUT2D eigenvalue weighted by atomic mass is 10.0. The van der Waals surface area contributed by atoms with Crippen LogP contribution < -0.4 is 9.80 Å². The lowest BCUT2D eigenvalue weighted by Gasteiger charge is -2.37. The normalized spacial score (nSPS) is 18.8. The van der Waals surface area contributed by atoms with Crippen molar-refractivity contribution in [1.82, 2.24) is 14.3 Å². The number of anilines is 3. The van der Waals surface area contributed by atoms with E-state index in [1.165, 1.54) is 41.9 Å². The number of fused-ring (bicyclic) bond motifs is 3. The number of pyridine rings is 1. The van der Waals surface area contributed by atoms with Gasteiger partial charge >= 0.3 is 0 Å². The topological polar surface area (TPSA) is 93.4 Å². The van der Waals surface area contributed by atoms with Crippen molar-refractivity contribution in [3.05, 3.63) is 64.5 Å². The molecule has 8 nitrogen and oxygen atoms in total. The van der Waals surface area contributed by atoms with Crippen LogP contribution in [-0.2, 0) is 16.4 Å². The van der Waals surface area contributed by atoms with E-state index in [1.807, 2.05) is 20.8 Å². The molecule has 0 radical (unpaired) electrons. The van der Waals surface area contributed by atoms with Crippen LogP contribution in [0.15, 0.2) is 42.5 Å². The van der Waals surface area contributed by atoms with Crippen LogP contribution in [0.3, 0.4) is 0 Å². The predicted octanol–water partition coefficient (Wildman–Crippen LogP) is 5.84. The molecule has 2 fully saturated rings. The van der Waals surface area contributed by atoms with Crippen LogP contribution in [0.25, 0.3) is 22.2 Å². The third-order valence-electron chi connectivity index (χ3n) is 8.04. The Bertz CT molecular complexity index is 1840. The fourth-order valence-electron chi connectivity index (χ4n) is 6.25. The number of thiazole rings is 1. The summed E-state index contributed by atoms with van der Waals surface area (Å²) in [7, 11) is -3.32. The molecular formula is C30H30F2N6O2S2. The van der Waals surface area contributed by atoms with E-state index in [2.05, 4.69) is 15.9 Å². The number of nitriles is 1. The fourth-order valence-corrected chi connectivity index (χ4v) is 8.41. The Morgan fingerprint density at radius 1 is 1.10 bits per heavy atom. The Hall–Kier alpha value is -3.66. The second-order valence-corrected chi connectivity index (χ2v) is 14.0. The quantitative estimate of drug-likeness (QED) is 0.260. The Morgan fingerprint density at radius 3 is 2.40 bits per heavy atom. The zero-order valence-corrected chi connectivity index (χ0v) is 25.3. The molecule has 0 saturated carbocycles. The molecule has 4 aromatic rings. The lowest BCUT2D eigenvalue weighted by Crippen LogP contribution is -2.49. The highest BCUT2D eigenvalue weighted by atomic mass is 32.2. The molecule has 0 spiro atoms. The van der Waals surface area contributed by atoms with Crippen LogP contribution in [0.1, 0.15) is 37.6 Å². The zero-order chi connectivity index (χ0) is 29.9. The number of nitrogens with zero attached hydrogens (tertiary/aromatic N) is 6. The number of piperazine rings is 1. The first-order valence-corrected chi connectivity index (χ1v) is 16.5. The fraction of sp³-hybridized carbons (Fsp3) is 0.367. The van der Waals surface area contributed by atoms with Crippen LogP contribution in [-0.4, -0.2) is 60.2 Å². The number of rotatable bonds is 7. The van der Waals surface area contributed by atoms with E-state index in [0.29, 0.717) is 58.5 Å². The summed E-state index contributed by atoms with van der Waals surface area (Å²) in [6.07, 6.45) is 2.56. The molecule has 0 aliphatic carbocycles. The third-order valence-corrected chi connectivity index (χ3v) is 10.3. The molecule has 2 saturated heterocycles. The minimum Gasteiger partial charge on any atom is -0.350 e. The van der Waals surface area contributed by atoms with Crippen molar-refractivity contribution in [3.8, 4) is 17.3 Å². The maximum Gasteiger partial charge on any atom is 0.211 e. The second kappa shape index (κ2) is 10.6. The van der Waals surface area contributed by atoms with Gasteiger partial charge in [0, 0.05) is 53.8 Å². The Balaban J connectivity index is 1.54. The summed E-state index contributed by atoms with van der Waals surface area (Å²) >= 11 is 1.25. The number of hydrogen-bond acceptors (Lipinski definition) is 8. The van der Waals surface area contributed by atoms with Crippen LogP contribution in [0, 0.1) is 23.0 Å². The van der Waals surface area contributed by atoms with Gasteiger partial charge < -0.3 is 9.80 Å². The van der Waals surface area contributed by atoms with Gasteiger partial charge in [-0.3, -0.25) is 0 Å². The molecule has 2 atom stereocenters. The van der Waals surface area contributed by atoms with Gasteiger partial charge in [0.15, 0.2) is 5.13 Å². The first-order chi connectivity index (χ1) is 20.0. The number of sulfonamides is 1. The van der Waals surface area contributed by atoms with Gasteiger partial charge in [0.25, 0.3) is 0 Å². The number of halogens is 2. The van der Waals surface area contributed by atoms with Crippen LogP contribution >= 0.6 is 11.3 Å². The summed E-state index contributed by atoms with van der Waals surface area (Å²) in [6.45, 7) is 6.99.